The van der Waals surface area contributed by atoms with Crippen LogP contribution in [0.1, 0.15) is 26.3 Å². The fraction of sp³-hybridized carbons (Fsp3) is 0.467. The van der Waals surface area contributed by atoms with E-state index in [2.05, 4.69) is 5.32 Å². The number of likely N-dealkylation sites (N-methyl/N-ethyl adjacent to an activating group) is 1. The van der Waals surface area contributed by atoms with Gasteiger partial charge < -0.3 is 9.73 Å². The highest BCUT2D eigenvalue weighted by atomic mass is 35.6. The summed E-state index contributed by atoms with van der Waals surface area (Å²) in [6, 6.07) is 7.81. The van der Waals surface area contributed by atoms with Gasteiger partial charge in [-0.1, -0.05) is 47.8 Å². The van der Waals surface area contributed by atoms with Crippen LogP contribution < -0.4 is 5.32 Å². The number of hydrogen-bond donors (Lipinski definition) is 1. The Morgan fingerprint density at radius 3 is 2.55 bits per heavy atom. The van der Waals surface area contributed by atoms with Crippen molar-refractivity contribution in [2.75, 3.05) is 6.54 Å². The van der Waals surface area contributed by atoms with Gasteiger partial charge in [-0.15, -0.1) is 0 Å². The minimum absolute atomic E-state index is 0.00403. The van der Waals surface area contributed by atoms with E-state index < -0.39 is 9.21 Å². The van der Waals surface area contributed by atoms with Gasteiger partial charge in [0.25, 0.3) is 0 Å². The van der Waals surface area contributed by atoms with Crippen molar-refractivity contribution in [1.82, 2.24) is 5.32 Å². The summed E-state index contributed by atoms with van der Waals surface area (Å²) in [6.45, 7) is 6.85. The van der Waals surface area contributed by atoms with Crippen LogP contribution in [0.2, 0.25) is 0 Å². The lowest BCUT2D eigenvalue weighted by atomic mass is 9.77. The smallest absolute Gasteiger partial charge is 0.201 e. The Bertz CT molecular complexity index is 590. The van der Waals surface area contributed by atoms with Crippen molar-refractivity contribution in [3.63, 3.8) is 0 Å². The topological polar surface area (TPSA) is 25.2 Å². The third-order valence-corrected chi connectivity index (χ3v) is 5.20. The first-order valence-electron chi connectivity index (χ1n) is 6.58. The van der Waals surface area contributed by atoms with Crippen LogP contribution in [0.15, 0.2) is 34.9 Å². The SMILES string of the molecule is CCNC(C)C(C)(c1ccc2occc2c1)C(Cl)(Cl)Cl. The molecule has 1 heterocycles. The summed E-state index contributed by atoms with van der Waals surface area (Å²) in [7, 11) is 0. The van der Waals surface area contributed by atoms with Gasteiger partial charge in [0.05, 0.1) is 11.7 Å². The maximum Gasteiger partial charge on any atom is 0.201 e. The van der Waals surface area contributed by atoms with E-state index in [1.54, 1.807) is 6.26 Å². The van der Waals surface area contributed by atoms with Gasteiger partial charge in [0.1, 0.15) is 5.58 Å². The summed E-state index contributed by atoms with van der Waals surface area (Å²) in [5.41, 5.74) is 1.15. The van der Waals surface area contributed by atoms with Crippen LogP contribution in [-0.4, -0.2) is 16.4 Å². The number of hydrogen-bond acceptors (Lipinski definition) is 2. The van der Waals surface area contributed by atoms with E-state index in [1.165, 1.54) is 0 Å². The second-order valence-electron chi connectivity index (χ2n) is 5.15. The van der Waals surface area contributed by atoms with Gasteiger partial charge in [-0.3, -0.25) is 0 Å². The Labute approximate surface area is 134 Å². The maximum atomic E-state index is 6.30. The first-order chi connectivity index (χ1) is 9.30. The molecule has 5 heteroatoms. The molecule has 0 aliphatic heterocycles. The maximum absolute atomic E-state index is 6.30. The van der Waals surface area contributed by atoms with Crippen molar-refractivity contribution in [2.45, 2.75) is 36.0 Å². The van der Waals surface area contributed by atoms with Crippen molar-refractivity contribution in [3.8, 4) is 0 Å². The molecule has 0 amide bonds. The van der Waals surface area contributed by atoms with E-state index in [-0.39, 0.29) is 6.04 Å². The van der Waals surface area contributed by atoms with E-state index in [0.717, 1.165) is 23.1 Å². The molecule has 110 valence electrons. The van der Waals surface area contributed by atoms with Crippen LogP contribution in [0.3, 0.4) is 0 Å². The molecule has 0 aliphatic carbocycles. The van der Waals surface area contributed by atoms with Gasteiger partial charge in [0.15, 0.2) is 0 Å². The normalized spacial score (nSPS) is 17.1. The van der Waals surface area contributed by atoms with Crippen LogP contribution in [-0.2, 0) is 5.41 Å². The molecule has 1 aromatic heterocycles. The number of nitrogens with one attached hydrogen (secondary N) is 1. The molecule has 0 bridgehead atoms. The first kappa shape index (κ1) is 16.0. The highest BCUT2D eigenvalue weighted by molar-refractivity contribution is 6.68. The molecule has 2 nitrogen and oxygen atoms in total. The summed E-state index contributed by atoms with van der Waals surface area (Å²) in [5, 5.41) is 4.36. The second-order valence-corrected chi connectivity index (χ2v) is 7.43. The largest absolute Gasteiger partial charge is 0.464 e. The average Bonchev–Trinajstić information content (AvgIpc) is 2.83. The lowest BCUT2D eigenvalue weighted by Crippen LogP contribution is -2.52. The van der Waals surface area contributed by atoms with Gasteiger partial charge in [0, 0.05) is 11.4 Å². The Kier molecular flexibility index (Phi) is 4.60. The minimum atomic E-state index is -1.42. The fourth-order valence-electron chi connectivity index (χ4n) is 2.46. The molecule has 1 N–H and O–H groups in total. The fourth-order valence-corrected chi connectivity index (χ4v) is 3.28. The summed E-state index contributed by atoms with van der Waals surface area (Å²) in [6.07, 6.45) is 1.66. The highest BCUT2D eigenvalue weighted by Gasteiger charge is 2.49. The summed E-state index contributed by atoms with van der Waals surface area (Å²) in [4.78, 5) is 0. The predicted octanol–water partition coefficient (Wildman–Crippen LogP) is 5.06. The van der Waals surface area contributed by atoms with Crippen LogP contribution in [0.5, 0.6) is 0 Å². The number of benzene rings is 1. The van der Waals surface area contributed by atoms with E-state index in [9.17, 15) is 0 Å². The predicted molar refractivity (Wildman–Crippen MR) is 87.0 cm³/mol. The molecule has 0 fully saturated rings. The number of alkyl halides is 3. The van der Waals surface area contributed by atoms with Crippen LogP contribution in [0, 0.1) is 0 Å². The monoisotopic (exact) mass is 333 g/mol. The zero-order valence-corrected chi connectivity index (χ0v) is 14.0. The van der Waals surface area contributed by atoms with Gasteiger partial charge >= 0.3 is 0 Å². The summed E-state index contributed by atoms with van der Waals surface area (Å²) in [5.74, 6) is 0. The van der Waals surface area contributed by atoms with Gasteiger partial charge in [-0.2, -0.15) is 0 Å². The number of furan rings is 1. The van der Waals surface area contributed by atoms with Crippen molar-refractivity contribution in [1.29, 1.82) is 0 Å². The third kappa shape index (κ3) is 2.67. The minimum Gasteiger partial charge on any atom is -0.464 e. The zero-order valence-electron chi connectivity index (χ0n) is 11.7. The molecule has 0 saturated carbocycles. The van der Waals surface area contributed by atoms with Crippen LogP contribution in [0.4, 0.5) is 0 Å². The molecule has 2 atom stereocenters. The molecular formula is C15H18Cl3NO. The molecular weight excluding hydrogens is 317 g/mol. The Morgan fingerprint density at radius 2 is 1.95 bits per heavy atom. The molecule has 2 aromatic rings. The zero-order chi connectivity index (χ0) is 15.0. The van der Waals surface area contributed by atoms with Crippen molar-refractivity contribution in [2.24, 2.45) is 0 Å². The lowest BCUT2D eigenvalue weighted by molar-refractivity contribution is 0.343. The number of fused-ring (bicyclic) bond motifs is 1. The number of halogens is 3. The van der Waals surface area contributed by atoms with Crippen molar-refractivity contribution >= 4 is 45.8 Å². The molecule has 0 spiro atoms. The van der Waals surface area contributed by atoms with Gasteiger partial charge in [0.2, 0.25) is 3.79 Å². The van der Waals surface area contributed by atoms with E-state index in [4.69, 9.17) is 39.2 Å². The highest BCUT2D eigenvalue weighted by Crippen LogP contribution is 2.49. The molecule has 2 rings (SSSR count). The molecule has 2 unspecified atom stereocenters. The third-order valence-electron chi connectivity index (χ3n) is 4.02. The standard InChI is InChI=1S/C15H18Cl3NO/c1-4-19-10(2)14(3,15(16,17)18)12-5-6-13-11(9-12)7-8-20-13/h5-10,19H,4H2,1-3H3. The van der Waals surface area contributed by atoms with E-state index >= 15 is 0 Å². The van der Waals surface area contributed by atoms with Crippen LogP contribution >= 0.6 is 34.8 Å². The molecule has 20 heavy (non-hydrogen) atoms. The second kappa shape index (κ2) is 5.76. The first-order valence-corrected chi connectivity index (χ1v) is 7.72. The van der Waals surface area contributed by atoms with Crippen molar-refractivity contribution < 1.29 is 4.42 Å². The molecule has 0 radical (unpaired) electrons. The van der Waals surface area contributed by atoms with Crippen molar-refractivity contribution in [3.05, 3.63) is 36.1 Å². The molecule has 1 aromatic carbocycles. The van der Waals surface area contributed by atoms with Crippen LogP contribution in [0.25, 0.3) is 11.0 Å². The van der Waals surface area contributed by atoms with E-state index in [1.807, 2.05) is 45.0 Å². The number of rotatable bonds is 4. The Morgan fingerprint density at radius 1 is 1.25 bits per heavy atom. The summed E-state index contributed by atoms with van der Waals surface area (Å²) >= 11 is 18.9. The van der Waals surface area contributed by atoms with E-state index in [0.29, 0.717) is 0 Å². The quantitative estimate of drug-likeness (QED) is 0.791. The summed E-state index contributed by atoms with van der Waals surface area (Å²) < 4.78 is 3.94. The molecule has 0 aliphatic rings. The van der Waals surface area contributed by atoms with Gasteiger partial charge in [-0.25, -0.2) is 0 Å². The van der Waals surface area contributed by atoms with Gasteiger partial charge in [-0.05, 0) is 44.2 Å². The Hall–Kier alpha value is -0.410. The Balaban J connectivity index is 2.55. The lowest BCUT2D eigenvalue weighted by Gasteiger charge is -2.42. The average molecular weight is 335 g/mol. The molecule has 0 saturated heterocycles.